The molecule has 1 amide bonds. The van der Waals surface area contributed by atoms with Crippen LogP contribution in [0.15, 0.2) is 0 Å². The summed E-state index contributed by atoms with van der Waals surface area (Å²) in [4.78, 5) is 14.0. The number of nitrogens with zero attached hydrogens (tertiary/aromatic N) is 1. The molecule has 106 valence electrons. The van der Waals surface area contributed by atoms with Gasteiger partial charge in [-0.25, -0.2) is 0 Å². The van der Waals surface area contributed by atoms with Gasteiger partial charge in [-0.1, -0.05) is 0 Å². The van der Waals surface area contributed by atoms with Gasteiger partial charge < -0.3 is 15.0 Å². The van der Waals surface area contributed by atoms with Crippen LogP contribution in [-0.4, -0.2) is 50.2 Å². The molecule has 1 rings (SSSR count). The van der Waals surface area contributed by atoms with Crippen molar-refractivity contribution in [3.63, 3.8) is 0 Å². The minimum absolute atomic E-state index is 0.288. The third kappa shape index (κ3) is 5.83. The third-order valence-corrected chi connectivity index (χ3v) is 3.67. The molecule has 0 atom stereocenters. The van der Waals surface area contributed by atoms with Crippen LogP contribution >= 0.6 is 0 Å². The molecule has 1 aliphatic heterocycles. The summed E-state index contributed by atoms with van der Waals surface area (Å²) in [7, 11) is 0. The van der Waals surface area contributed by atoms with Crippen LogP contribution in [0, 0.1) is 5.92 Å². The van der Waals surface area contributed by atoms with Crippen molar-refractivity contribution in [3.05, 3.63) is 0 Å². The Morgan fingerprint density at radius 2 is 2.06 bits per heavy atom. The Morgan fingerprint density at radius 3 is 2.67 bits per heavy atom. The molecular weight excluding hydrogens is 228 g/mol. The zero-order chi connectivity index (χ0) is 13.2. The van der Waals surface area contributed by atoms with Gasteiger partial charge in [0.15, 0.2) is 0 Å². The second-order valence-corrected chi connectivity index (χ2v) is 4.90. The van der Waals surface area contributed by atoms with Gasteiger partial charge in [0.25, 0.3) is 0 Å². The molecule has 1 fully saturated rings. The molecular formula is C14H28N2O2. The number of ether oxygens (including phenoxy) is 1. The van der Waals surface area contributed by atoms with E-state index in [1.165, 1.54) is 12.8 Å². The number of carbonyl (C=O) groups is 1. The largest absolute Gasteiger partial charge is 0.380 e. The summed E-state index contributed by atoms with van der Waals surface area (Å²) in [6, 6.07) is 0. The van der Waals surface area contributed by atoms with Crippen molar-refractivity contribution in [2.75, 3.05) is 39.4 Å². The quantitative estimate of drug-likeness (QED) is 0.671. The first kappa shape index (κ1) is 15.4. The number of rotatable bonds is 8. The highest BCUT2D eigenvalue weighted by Crippen LogP contribution is 2.18. The van der Waals surface area contributed by atoms with E-state index in [2.05, 4.69) is 5.32 Å². The number of nitrogens with one attached hydrogen (secondary N) is 1. The maximum Gasteiger partial charge on any atom is 0.222 e. The standard InChI is InChI=1S/C14H28N2O2/c1-3-16(11-12-18-4-2)14(17)6-5-13-7-9-15-10-8-13/h13,15H,3-12H2,1-2H3. The van der Waals surface area contributed by atoms with E-state index < -0.39 is 0 Å². The number of piperidine rings is 1. The van der Waals surface area contributed by atoms with Crippen LogP contribution in [0.4, 0.5) is 0 Å². The van der Waals surface area contributed by atoms with Crippen molar-refractivity contribution >= 4 is 5.91 Å². The van der Waals surface area contributed by atoms with Gasteiger partial charge in [0.2, 0.25) is 5.91 Å². The fourth-order valence-corrected chi connectivity index (χ4v) is 2.43. The van der Waals surface area contributed by atoms with Crippen LogP contribution in [0.1, 0.15) is 39.5 Å². The van der Waals surface area contributed by atoms with Gasteiger partial charge in [0, 0.05) is 26.1 Å². The lowest BCUT2D eigenvalue weighted by atomic mass is 9.93. The number of carbonyl (C=O) groups excluding carboxylic acids is 1. The predicted molar refractivity (Wildman–Crippen MR) is 73.6 cm³/mol. The van der Waals surface area contributed by atoms with Crippen LogP contribution in [0.3, 0.4) is 0 Å². The van der Waals surface area contributed by atoms with Crippen LogP contribution in [0.5, 0.6) is 0 Å². The van der Waals surface area contributed by atoms with Crippen molar-refractivity contribution in [2.45, 2.75) is 39.5 Å². The number of hydrogen-bond donors (Lipinski definition) is 1. The zero-order valence-corrected chi connectivity index (χ0v) is 11.9. The lowest BCUT2D eigenvalue weighted by Gasteiger charge is -2.25. The molecule has 4 heteroatoms. The molecule has 0 radical (unpaired) electrons. The first-order valence-corrected chi connectivity index (χ1v) is 7.34. The minimum atomic E-state index is 0.288. The monoisotopic (exact) mass is 256 g/mol. The van der Waals surface area contributed by atoms with E-state index >= 15 is 0 Å². The van der Waals surface area contributed by atoms with Crippen molar-refractivity contribution in [2.24, 2.45) is 5.92 Å². The van der Waals surface area contributed by atoms with Gasteiger partial charge in [-0.15, -0.1) is 0 Å². The van der Waals surface area contributed by atoms with Gasteiger partial charge in [-0.05, 0) is 52.1 Å². The molecule has 1 heterocycles. The molecule has 0 aromatic carbocycles. The molecule has 18 heavy (non-hydrogen) atoms. The van der Waals surface area contributed by atoms with Crippen molar-refractivity contribution < 1.29 is 9.53 Å². The second-order valence-electron chi connectivity index (χ2n) is 4.90. The van der Waals surface area contributed by atoms with E-state index in [1.807, 2.05) is 18.7 Å². The lowest BCUT2D eigenvalue weighted by Crippen LogP contribution is -2.34. The highest BCUT2D eigenvalue weighted by molar-refractivity contribution is 5.76. The molecule has 0 saturated carbocycles. The summed E-state index contributed by atoms with van der Waals surface area (Å²) >= 11 is 0. The molecule has 0 unspecified atom stereocenters. The molecule has 0 aliphatic carbocycles. The van der Waals surface area contributed by atoms with Crippen LogP contribution in [0.25, 0.3) is 0 Å². The molecule has 0 spiro atoms. The zero-order valence-electron chi connectivity index (χ0n) is 11.9. The first-order valence-electron chi connectivity index (χ1n) is 7.34. The Labute approximate surface area is 111 Å². The summed E-state index contributed by atoms with van der Waals surface area (Å²) in [5.74, 6) is 1.02. The molecule has 0 bridgehead atoms. The van der Waals surface area contributed by atoms with E-state index in [1.54, 1.807) is 0 Å². The molecule has 0 aromatic rings. The Morgan fingerprint density at radius 1 is 1.33 bits per heavy atom. The summed E-state index contributed by atoms with van der Waals surface area (Å²) in [5, 5.41) is 3.36. The number of hydrogen-bond acceptors (Lipinski definition) is 3. The normalized spacial score (nSPS) is 16.8. The number of amides is 1. The Hall–Kier alpha value is -0.610. The predicted octanol–water partition coefficient (Wildman–Crippen LogP) is 1.65. The summed E-state index contributed by atoms with van der Waals surface area (Å²) in [6.07, 6.45) is 4.19. The molecule has 1 N–H and O–H groups in total. The van der Waals surface area contributed by atoms with E-state index in [4.69, 9.17) is 4.74 Å². The van der Waals surface area contributed by atoms with E-state index in [0.29, 0.717) is 13.0 Å². The average Bonchev–Trinajstić information content (AvgIpc) is 2.42. The van der Waals surface area contributed by atoms with E-state index in [0.717, 1.165) is 45.1 Å². The molecule has 1 aliphatic rings. The van der Waals surface area contributed by atoms with E-state index in [9.17, 15) is 4.79 Å². The fraction of sp³-hybridized carbons (Fsp3) is 0.929. The van der Waals surface area contributed by atoms with Crippen molar-refractivity contribution in [1.29, 1.82) is 0 Å². The smallest absolute Gasteiger partial charge is 0.222 e. The highest BCUT2D eigenvalue weighted by Gasteiger charge is 2.17. The minimum Gasteiger partial charge on any atom is -0.380 e. The van der Waals surface area contributed by atoms with Gasteiger partial charge in [0.1, 0.15) is 0 Å². The highest BCUT2D eigenvalue weighted by atomic mass is 16.5. The maximum absolute atomic E-state index is 12.1. The van der Waals surface area contributed by atoms with Crippen LogP contribution in [-0.2, 0) is 9.53 Å². The van der Waals surface area contributed by atoms with Crippen LogP contribution in [0.2, 0.25) is 0 Å². The second kappa shape index (κ2) is 9.34. The number of likely N-dealkylation sites (N-methyl/N-ethyl adjacent to an activating group) is 1. The third-order valence-electron chi connectivity index (χ3n) is 3.67. The summed E-state index contributed by atoms with van der Waals surface area (Å²) in [5.41, 5.74) is 0. The SMILES string of the molecule is CCOCCN(CC)C(=O)CCC1CCNCC1. The van der Waals surface area contributed by atoms with Gasteiger partial charge >= 0.3 is 0 Å². The molecule has 0 aromatic heterocycles. The van der Waals surface area contributed by atoms with Crippen LogP contribution < -0.4 is 5.32 Å². The Balaban J connectivity index is 2.19. The maximum atomic E-state index is 12.1. The van der Waals surface area contributed by atoms with Gasteiger partial charge in [-0.3, -0.25) is 4.79 Å². The Kier molecular flexibility index (Phi) is 8.01. The lowest BCUT2D eigenvalue weighted by molar-refractivity contribution is -0.132. The first-order chi connectivity index (χ1) is 8.77. The van der Waals surface area contributed by atoms with E-state index in [-0.39, 0.29) is 5.91 Å². The fourth-order valence-electron chi connectivity index (χ4n) is 2.43. The average molecular weight is 256 g/mol. The Bertz CT molecular complexity index is 228. The topological polar surface area (TPSA) is 41.6 Å². The van der Waals surface area contributed by atoms with Crippen molar-refractivity contribution in [1.82, 2.24) is 10.2 Å². The van der Waals surface area contributed by atoms with Crippen molar-refractivity contribution in [3.8, 4) is 0 Å². The molecule has 4 nitrogen and oxygen atoms in total. The summed E-state index contributed by atoms with van der Waals surface area (Å²) < 4.78 is 5.31. The summed E-state index contributed by atoms with van der Waals surface area (Å²) in [6.45, 7) is 9.14. The van der Waals surface area contributed by atoms with Gasteiger partial charge in [0.05, 0.1) is 6.61 Å². The van der Waals surface area contributed by atoms with Gasteiger partial charge in [-0.2, -0.15) is 0 Å². The molecule has 1 saturated heterocycles.